The highest BCUT2D eigenvalue weighted by Crippen LogP contribution is 2.27. The van der Waals surface area contributed by atoms with Crippen molar-refractivity contribution in [1.82, 2.24) is 5.32 Å². The number of benzene rings is 1. The summed E-state index contributed by atoms with van der Waals surface area (Å²) >= 11 is 3.34. The number of nitrogens with one attached hydrogen (secondary N) is 1. The van der Waals surface area contributed by atoms with E-state index in [2.05, 4.69) is 35.1 Å². The average molecular weight is 356 g/mol. The van der Waals surface area contributed by atoms with Crippen molar-refractivity contribution < 1.29 is 13.5 Å². The second kappa shape index (κ2) is 7.09. The zero-order valence-corrected chi connectivity index (χ0v) is 14.0. The normalized spacial score (nSPS) is 11.1. The third kappa shape index (κ3) is 4.58. The Morgan fingerprint density at radius 2 is 2.10 bits per heavy atom. The lowest BCUT2D eigenvalue weighted by molar-refractivity contribution is 0.299. The largest absolute Gasteiger partial charge is 0.487 e. The summed E-state index contributed by atoms with van der Waals surface area (Å²) in [6, 6.07) is 6.75. The van der Waals surface area contributed by atoms with E-state index in [9.17, 15) is 4.39 Å². The van der Waals surface area contributed by atoms with Gasteiger partial charge in [-0.1, -0.05) is 13.8 Å². The van der Waals surface area contributed by atoms with E-state index in [1.165, 1.54) is 12.1 Å². The van der Waals surface area contributed by atoms with Crippen molar-refractivity contribution in [3.63, 3.8) is 0 Å². The van der Waals surface area contributed by atoms with Crippen LogP contribution < -0.4 is 10.1 Å². The van der Waals surface area contributed by atoms with Gasteiger partial charge in [-0.15, -0.1) is 0 Å². The van der Waals surface area contributed by atoms with Crippen LogP contribution in [0.4, 0.5) is 4.39 Å². The summed E-state index contributed by atoms with van der Waals surface area (Å²) in [6.45, 7) is 7.10. The van der Waals surface area contributed by atoms with Gasteiger partial charge in [0.2, 0.25) is 0 Å². The van der Waals surface area contributed by atoms with Crippen molar-refractivity contribution in [3.05, 3.63) is 51.6 Å². The third-order valence-corrected chi connectivity index (χ3v) is 3.69. The van der Waals surface area contributed by atoms with Gasteiger partial charge in [0, 0.05) is 17.7 Å². The minimum absolute atomic E-state index is 0.320. The smallest absolute Gasteiger partial charge is 0.136 e. The fourth-order valence-corrected chi connectivity index (χ4v) is 2.23. The van der Waals surface area contributed by atoms with Gasteiger partial charge in [0.05, 0.1) is 11.0 Å². The number of hydrogen-bond donors (Lipinski definition) is 1. The van der Waals surface area contributed by atoms with E-state index < -0.39 is 0 Å². The molecule has 1 aromatic carbocycles. The molecule has 1 N–H and O–H groups in total. The predicted molar refractivity (Wildman–Crippen MR) is 83.9 cm³/mol. The van der Waals surface area contributed by atoms with Crippen LogP contribution in [-0.4, -0.2) is 6.04 Å². The number of hydrogen-bond acceptors (Lipinski definition) is 3. The average Bonchev–Trinajstić information content (AvgIpc) is 2.78. The molecular weight excluding hydrogens is 337 g/mol. The standard InChI is InChI=1S/C16H19BrFNO2/c1-10(2)19-8-14-6-12(11(3)21-14)9-20-16-7-13(18)4-5-15(16)17/h4-7,10,19H,8-9H2,1-3H3. The molecule has 0 spiro atoms. The Morgan fingerprint density at radius 3 is 2.81 bits per heavy atom. The Bertz CT molecular complexity index is 610. The van der Waals surface area contributed by atoms with E-state index in [-0.39, 0.29) is 5.82 Å². The van der Waals surface area contributed by atoms with E-state index in [0.29, 0.717) is 24.9 Å². The van der Waals surface area contributed by atoms with E-state index >= 15 is 0 Å². The van der Waals surface area contributed by atoms with Crippen LogP contribution in [0.1, 0.15) is 30.9 Å². The zero-order valence-electron chi connectivity index (χ0n) is 12.4. The number of rotatable bonds is 6. The first-order valence-electron chi connectivity index (χ1n) is 6.85. The van der Waals surface area contributed by atoms with Gasteiger partial charge in [-0.25, -0.2) is 4.39 Å². The van der Waals surface area contributed by atoms with Gasteiger partial charge in [-0.05, 0) is 41.1 Å². The van der Waals surface area contributed by atoms with Gasteiger partial charge in [-0.2, -0.15) is 0 Å². The number of halogens is 2. The summed E-state index contributed by atoms with van der Waals surface area (Å²) in [6.07, 6.45) is 0. The number of ether oxygens (including phenoxy) is 1. The van der Waals surface area contributed by atoms with Gasteiger partial charge < -0.3 is 14.5 Å². The molecule has 114 valence electrons. The van der Waals surface area contributed by atoms with Crippen molar-refractivity contribution in [2.24, 2.45) is 0 Å². The quantitative estimate of drug-likeness (QED) is 0.824. The molecule has 0 aliphatic heterocycles. The molecule has 0 unspecified atom stereocenters. The van der Waals surface area contributed by atoms with Crippen molar-refractivity contribution >= 4 is 15.9 Å². The summed E-state index contributed by atoms with van der Waals surface area (Å²) in [5.41, 5.74) is 0.965. The molecule has 0 aliphatic carbocycles. The molecule has 5 heteroatoms. The molecule has 3 nitrogen and oxygen atoms in total. The van der Waals surface area contributed by atoms with Gasteiger partial charge in [0.25, 0.3) is 0 Å². The molecule has 1 heterocycles. The maximum absolute atomic E-state index is 13.2. The van der Waals surface area contributed by atoms with Crippen LogP contribution >= 0.6 is 15.9 Å². The topological polar surface area (TPSA) is 34.4 Å². The summed E-state index contributed by atoms with van der Waals surface area (Å²) in [5.74, 6) is 1.86. The molecule has 1 aromatic heterocycles. The second-order valence-electron chi connectivity index (χ2n) is 5.19. The van der Waals surface area contributed by atoms with E-state index in [1.54, 1.807) is 6.07 Å². The molecule has 0 aliphatic rings. The lowest BCUT2D eigenvalue weighted by Crippen LogP contribution is -2.21. The second-order valence-corrected chi connectivity index (χ2v) is 6.05. The molecule has 0 atom stereocenters. The van der Waals surface area contributed by atoms with Gasteiger partial charge in [0.15, 0.2) is 0 Å². The first kappa shape index (κ1) is 16.0. The SMILES string of the molecule is Cc1oc(CNC(C)C)cc1COc1cc(F)ccc1Br. The first-order chi connectivity index (χ1) is 9.95. The van der Waals surface area contributed by atoms with Gasteiger partial charge >= 0.3 is 0 Å². The first-order valence-corrected chi connectivity index (χ1v) is 7.64. The Morgan fingerprint density at radius 1 is 1.33 bits per heavy atom. The van der Waals surface area contributed by atoms with Crippen molar-refractivity contribution in [2.75, 3.05) is 0 Å². The molecule has 2 aromatic rings. The Labute approximate surface area is 132 Å². The van der Waals surface area contributed by atoms with Crippen molar-refractivity contribution in [1.29, 1.82) is 0 Å². The van der Waals surface area contributed by atoms with Crippen molar-refractivity contribution in [3.8, 4) is 5.75 Å². The highest BCUT2D eigenvalue weighted by Gasteiger charge is 2.10. The highest BCUT2D eigenvalue weighted by molar-refractivity contribution is 9.10. The van der Waals surface area contributed by atoms with E-state index in [4.69, 9.17) is 9.15 Å². The summed E-state index contributed by atoms with van der Waals surface area (Å²) in [4.78, 5) is 0. The van der Waals surface area contributed by atoms with Crippen molar-refractivity contribution in [2.45, 2.75) is 40.0 Å². The Balaban J connectivity index is 2.01. The van der Waals surface area contributed by atoms with Crippen LogP contribution in [0.3, 0.4) is 0 Å². The molecule has 0 amide bonds. The van der Waals surface area contributed by atoms with Crippen LogP contribution in [-0.2, 0) is 13.2 Å². The Kier molecular flexibility index (Phi) is 5.42. The minimum Gasteiger partial charge on any atom is -0.487 e. The maximum Gasteiger partial charge on any atom is 0.136 e. The fourth-order valence-electron chi connectivity index (χ4n) is 1.87. The van der Waals surface area contributed by atoms with Gasteiger partial charge in [0.1, 0.15) is 29.7 Å². The maximum atomic E-state index is 13.2. The Hall–Kier alpha value is -1.33. The molecule has 0 saturated heterocycles. The van der Waals surface area contributed by atoms with Crippen LogP contribution in [0.15, 0.2) is 33.2 Å². The lowest BCUT2D eigenvalue weighted by atomic mass is 10.2. The summed E-state index contributed by atoms with van der Waals surface area (Å²) < 4.78 is 25.3. The fraction of sp³-hybridized carbons (Fsp3) is 0.375. The monoisotopic (exact) mass is 355 g/mol. The molecule has 0 fully saturated rings. The third-order valence-electron chi connectivity index (χ3n) is 3.03. The lowest BCUT2D eigenvalue weighted by Gasteiger charge is -2.07. The van der Waals surface area contributed by atoms with Gasteiger partial charge in [-0.3, -0.25) is 0 Å². The molecule has 0 bridgehead atoms. The predicted octanol–water partition coefficient (Wildman–Crippen LogP) is 4.57. The highest BCUT2D eigenvalue weighted by atomic mass is 79.9. The van der Waals surface area contributed by atoms with Crippen LogP contribution in [0, 0.1) is 12.7 Å². The number of furan rings is 1. The van der Waals surface area contributed by atoms with Crippen LogP contribution in [0.2, 0.25) is 0 Å². The summed E-state index contributed by atoms with van der Waals surface area (Å²) in [7, 11) is 0. The molecule has 2 rings (SSSR count). The number of aryl methyl sites for hydroxylation is 1. The molecule has 0 saturated carbocycles. The van der Waals surface area contributed by atoms with E-state index in [0.717, 1.165) is 21.6 Å². The van der Waals surface area contributed by atoms with Crippen LogP contribution in [0.5, 0.6) is 5.75 Å². The molecule has 21 heavy (non-hydrogen) atoms. The molecule has 0 radical (unpaired) electrons. The molecular formula is C16H19BrFNO2. The minimum atomic E-state index is -0.320. The summed E-state index contributed by atoms with van der Waals surface area (Å²) in [5, 5.41) is 3.30. The zero-order chi connectivity index (χ0) is 15.4. The van der Waals surface area contributed by atoms with E-state index in [1.807, 2.05) is 13.0 Å². The van der Waals surface area contributed by atoms with Crippen LogP contribution in [0.25, 0.3) is 0 Å².